The number of piperidine rings is 1. The van der Waals surface area contributed by atoms with Crippen LogP contribution in [0.4, 0.5) is 10.1 Å². The fourth-order valence-electron chi connectivity index (χ4n) is 3.39. The van der Waals surface area contributed by atoms with E-state index in [2.05, 4.69) is 0 Å². The SMILES string of the molecule is [2H]C1([2H])N(c2ccc3c(c2F)C(=O)N([C@H]2CCC(=O)NC2=O)C3=O)C([2H])([2H])C([2H])([2H])N(C(C)(C)C)C1([2H])[2H]. The Kier molecular flexibility index (Phi) is 3.05. The Balaban J connectivity index is 1.87. The number of amides is 4. The normalized spacial score (nSPS) is 33.8. The van der Waals surface area contributed by atoms with E-state index in [9.17, 15) is 19.2 Å². The molecule has 4 rings (SSSR count). The second kappa shape index (κ2) is 7.16. The summed E-state index contributed by atoms with van der Waals surface area (Å²) in [5.74, 6) is -5.47. The van der Waals surface area contributed by atoms with Gasteiger partial charge in [0.05, 0.1) is 22.3 Å². The van der Waals surface area contributed by atoms with Crippen LogP contribution in [0.1, 0.15) is 65.3 Å². The molecule has 9 heteroatoms. The van der Waals surface area contributed by atoms with Gasteiger partial charge in [0, 0.05) is 43.4 Å². The number of hydrogen-bond donors (Lipinski definition) is 1. The predicted molar refractivity (Wildman–Crippen MR) is 107 cm³/mol. The highest BCUT2D eigenvalue weighted by atomic mass is 19.1. The zero-order valence-corrected chi connectivity index (χ0v) is 16.5. The summed E-state index contributed by atoms with van der Waals surface area (Å²) >= 11 is 0. The molecule has 0 spiro atoms. The van der Waals surface area contributed by atoms with E-state index in [1.807, 2.05) is 5.32 Å². The first kappa shape index (κ1) is 12.8. The molecule has 8 nitrogen and oxygen atoms in total. The molecule has 4 amide bonds. The third-order valence-corrected chi connectivity index (χ3v) is 4.98. The summed E-state index contributed by atoms with van der Waals surface area (Å²) in [5, 5.41) is 1.99. The van der Waals surface area contributed by atoms with Crippen molar-refractivity contribution >= 4 is 29.3 Å². The van der Waals surface area contributed by atoms with Gasteiger partial charge in [0.1, 0.15) is 6.04 Å². The zero-order chi connectivity index (χ0) is 29.0. The molecule has 160 valence electrons. The van der Waals surface area contributed by atoms with Crippen LogP contribution in [0.3, 0.4) is 0 Å². The Morgan fingerprint density at radius 1 is 1.07 bits per heavy atom. The molecule has 2 fully saturated rings. The van der Waals surface area contributed by atoms with Gasteiger partial charge in [-0.1, -0.05) is 0 Å². The fraction of sp³-hybridized carbons (Fsp3) is 0.524. The van der Waals surface area contributed by atoms with Crippen LogP contribution in [-0.2, 0) is 9.59 Å². The molecular weight excluding hydrogens is 391 g/mol. The van der Waals surface area contributed by atoms with Crippen molar-refractivity contribution in [2.24, 2.45) is 0 Å². The van der Waals surface area contributed by atoms with E-state index in [-0.39, 0.29) is 17.7 Å². The van der Waals surface area contributed by atoms with Crippen molar-refractivity contribution in [1.29, 1.82) is 0 Å². The van der Waals surface area contributed by atoms with Crippen molar-refractivity contribution in [3.63, 3.8) is 0 Å². The minimum absolute atomic E-state index is 0.0236. The largest absolute Gasteiger partial charge is 0.367 e. The second-order valence-electron chi connectivity index (χ2n) is 8.06. The van der Waals surface area contributed by atoms with Crippen LogP contribution >= 0.6 is 0 Å². The van der Waals surface area contributed by atoms with Gasteiger partial charge in [0.2, 0.25) is 11.8 Å². The molecule has 3 aliphatic heterocycles. The molecule has 3 aliphatic rings. The first-order chi connectivity index (χ1) is 17.1. The summed E-state index contributed by atoms with van der Waals surface area (Å²) in [7, 11) is 0. The number of nitrogens with zero attached hydrogens (tertiary/aromatic N) is 3. The van der Waals surface area contributed by atoms with Gasteiger partial charge >= 0.3 is 0 Å². The highest BCUT2D eigenvalue weighted by molar-refractivity contribution is 6.24. The maximum Gasteiger partial charge on any atom is 0.265 e. The van der Waals surface area contributed by atoms with Crippen LogP contribution in [0.25, 0.3) is 0 Å². The number of benzene rings is 1. The van der Waals surface area contributed by atoms with Crippen LogP contribution < -0.4 is 10.2 Å². The van der Waals surface area contributed by atoms with Crippen LogP contribution in [-0.4, -0.2) is 71.0 Å². The summed E-state index contributed by atoms with van der Waals surface area (Å²) in [6.07, 6.45) is -0.384. The molecule has 3 heterocycles. The van der Waals surface area contributed by atoms with Crippen molar-refractivity contribution < 1.29 is 34.5 Å². The summed E-state index contributed by atoms with van der Waals surface area (Å²) in [6.45, 7) is -9.16. The Morgan fingerprint density at radius 3 is 2.33 bits per heavy atom. The number of halogens is 1. The van der Waals surface area contributed by atoms with Crippen molar-refractivity contribution in [2.45, 2.75) is 45.2 Å². The van der Waals surface area contributed by atoms with Crippen LogP contribution in [0.5, 0.6) is 0 Å². The topological polar surface area (TPSA) is 90.0 Å². The third-order valence-electron chi connectivity index (χ3n) is 4.98. The summed E-state index contributed by atoms with van der Waals surface area (Å²) < 4.78 is 84.2. The van der Waals surface area contributed by atoms with Gasteiger partial charge in [-0.2, -0.15) is 0 Å². The quantitative estimate of drug-likeness (QED) is 0.717. The zero-order valence-electron chi connectivity index (χ0n) is 24.5. The number of anilines is 1. The molecule has 1 aromatic carbocycles. The number of hydrogen-bond acceptors (Lipinski definition) is 6. The lowest BCUT2D eigenvalue weighted by Crippen LogP contribution is -2.54. The summed E-state index contributed by atoms with van der Waals surface area (Å²) in [4.78, 5) is 50.8. The van der Waals surface area contributed by atoms with Crippen molar-refractivity contribution in [1.82, 2.24) is 15.1 Å². The van der Waals surface area contributed by atoms with E-state index in [0.717, 1.165) is 12.1 Å². The van der Waals surface area contributed by atoms with Crippen LogP contribution in [0.15, 0.2) is 12.1 Å². The second-order valence-corrected chi connectivity index (χ2v) is 8.06. The molecule has 0 unspecified atom stereocenters. The van der Waals surface area contributed by atoms with E-state index in [0.29, 0.717) is 9.80 Å². The smallest absolute Gasteiger partial charge is 0.265 e. The van der Waals surface area contributed by atoms with Gasteiger partial charge < -0.3 is 4.90 Å². The number of fused-ring (bicyclic) bond motifs is 1. The average molecular weight is 425 g/mol. The van der Waals surface area contributed by atoms with Gasteiger partial charge in [-0.15, -0.1) is 0 Å². The third kappa shape index (κ3) is 3.27. The minimum Gasteiger partial charge on any atom is -0.367 e. The van der Waals surface area contributed by atoms with Gasteiger partial charge in [-0.05, 0) is 39.3 Å². The summed E-state index contributed by atoms with van der Waals surface area (Å²) in [5.41, 5.74) is -3.82. The van der Waals surface area contributed by atoms with Gasteiger partial charge in [0.15, 0.2) is 5.82 Å². The van der Waals surface area contributed by atoms with Crippen molar-refractivity contribution in [3.8, 4) is 0 Å². The van der Waals surface area contributed by atoms with Gasteiger partial charge in [0.25, 0.3) is 11.8 Å². The Morgan fingerprint density at radius 2 is 1.73 bits per heavy atom. The number of carbonyl (C=O) groups is 4. The number of piperazine rings is 1. The molecule has 2 saturated heterocycles. The van der Waals surface area contributed by atoms with Gasteiger partial charge in [-0.3, -0.25) is 34.3 Å². The standard InChI is InChI=1S/C21H25FN4O4/c1-21(2,3)25-10-8-24(9-11-25)13-5-4-12-16(17(13)22)20(30)26(19(12)29)14-6-7-15(27)23-18(14)28/h4-5,14H,6-11H2,1-3H3,(H,23,27,28)/t14-/m0/s1/i8D2,9D2,10D2,11D2. The number of carbonyl (C=O) groups excluding carboxylic acids is 4. The van der Waals surface area contributed by atoms with E-state index < -0.39 is 83.8 Å². The maximum absolute atomic E-state index is 16.0. The highest BCUT2D eigenvalue weighted by Gasteiger charge is 2.46. The maximum atomic E-state index is 16.0. The van der Waals surface area contributed by atoms with E-state index >= 15 is 4.39 Å². The molecule has 30 heavy (non-hydrogen) atoms. The molecule has 0 saturated carbocycles. The van der Waals surface area contributed by atoms with Crippen molar-refractivity contribution in [2.75, 3.05) is 30.9 Å². The first-order valence-electron chi connectivity index (χ1n) is 13.3. The Labute approximate surface area is 185 Å². The van der Waals surface area contributed by atoms with E-state index in [1.165, 1.54) is 20.8 Å². The molecule has 0 aliphatic carbocycles. The first-order valence-corrected chi connectivity index (χ1v) is 9.26. The lowest BCUT2D eigenvalue weighted by molar-refractivity contribution is -0.136. The minimum atomic E-state index is -3.40. The fourth-order valence-corrected chi connectivity index (χ4v) is 3.39. The van der Waals surface area contributed by atoms with E-state index in [1.54, 1.807) is 0 Å². The predicted octanol–water partition coefficient (Wildman–Crippen LogP) is 1.15. The van der Waals surface area contributed by atoms with Crippen LogP contribution in [0.2, 0.25) is 0 Å². The molecular formula is C21H25FN4O4. The average Bonchev–Trinajstić information content (AvgIpc) is 2.98. The molecule has 0 radical (unpaired) electrons. The molecule has 0 aromatic heterocycles. The Hall–Kier alpha value is -2.81. The number of rotatable bonds is 2. The number of nitrogens with one attached hydrogen (secondary N) is 1. The van der Waals surface area contributed by atoms with Gasteiger partial charge in [-0.25, -0.2) is 4.39 Å². The van der Waals surface area contributed by atoms with Crippen LogP contribution in [0, 0.1) is 5.82 Å². The lowest BCUT2D eigenvalue weighted by Gasteiger charge is -2.43. The summed E-state index contributed by atoms with van der Waals surface area (Å²) in [6, 6.07) is 0.259. The molecule has 1 aromatic rings. The lowest BCUT2D eigenvalue weighted by atomic mass is 10.0. The Bertz CT molecular complexity index is 1250. The highest BCUT2D eigenvalue weighted by Crippen LogP contribution is 2.34. The van der Waals surface area contributed by atoms with Crippen molar-refractivity contribution in [3.05, 3.63) is 29.1 Å². The monoisotopic (exact) mass is 424 g/mol. The molecule has 0 bridgehead atoms. The number of imide groups is 2. The van der Waals surface area contributed by atoms with E-state index in [4.69, 9.17) is 11.0 Å². The molecule has 1 atom stereocenters. The molecule has 1 N–H and O–H groups in total.